The number of hydrogen-bond acceptors (Lipinski definition) is 4. The van der Waals surface area contributed by atoms with Crippen LogP contribution in [-0.2, 0) is 16.1 Å². The van der Waals surface area contributed by atoms with Gasteiger partial charge in [-0.3, -0.25) is 14.6 Å². The lowest BCUT2D eigenvalue weighted by atomic mass is 9.98. The molecular weight excluding hydrogens is 250 g/mol. The summed E-state index contributed by atoms with van der Waals surface area (Å²) < 4.78 is 0. The zero-order valence-corrected chi connectivity index (χ0v) is 11.5. The molecule has 6 heteroatoms. The topological polar surface area (TPSA) is 62.3 Å². The maximum absolute atomic E-state index is 12.3. The zero-order chi connectivity index (χ0) is 13.3. The van der Waals surface area contributed by atoms with Gasteiger partial charge in [0.15, 0.2) is 0 Å². The third-order valence-corrected chi connectivity index (χ3v) is 3.93. The lowest BCUT2D eigenvalue weighted by molar-refractivity contribution is -0.150. The number of amides is 2. The first-order chi connectivity index (χ1) is 8.50. The van der Waals surface area contributed by atoms with Gasteiger partial charge in [-0.2, -0.15) is 0 Å². The van der Waals surface area contributed by atoms with E-state index in [4.69, 9.17) is 0 Å². The van der Waals surface area contributed by atoms with Crippen molar-refractivity contribution in [3.8, 4) is 0 Å². The third-order valence-electron chi connectivity index (χ3n) is 3.17. The van der Waals surface area contributed by atoms with Crippen molar-refractivity contribution in [2.45, 2.75) is 39.4 Å². The Labute approximate surface area is 110 Å². The van der Waals surface area contributed by atoms with E-state index in [0.717, 1.165) is 4.88 Å². The smallest absolute Gasteiger partial charge is 0.246 e. The lowest BCUT2D eigenvalue weighted by Gasteiger charge is -2.38. The number of carbonyl (C=O) groups is 2. The summed E-state index contributed by atoms with van der Waals surface area (Å²) in [6.45, 7) is 6.08. The van der Waals surface area contributed by atoms with E-state index >= 15 is 0 Å². The molecule has 2 atom stereocenters. The Kier molecular flexibility index (Phi) is 3.65. The summed E-state index contributed by atoms with van der Waals surface area (Å²) in [4.78, 5) is 30.8. The molecule has 2 rings (SSSR count). The van der Waals surface area contributed by atoms with Crippen LogP contribution in [0, 0.1) is 5.92 Å². The number of rotatable bonds is 3. The second-order valence-electron chi connectivity index (χ2n) is 4.84. The highest BCUT2D eigenvalue weighted by molar-refractivity contribution is 7.09. The van der Waals surface area contributed by atoms with E-state index < -0.39 is 12.1 Å². The largest absolute Gasteiger partial charge is 0.342 e. The second kappa shape index (κ2) is 5.06. The fourth-order valence-corrected chi connectivity index (χ4v) is 2.59. The molecule has 18 heavy (non-hydrogen) atoms. The number of thiazole rings is 1. The van der Waals surface area contributed by atoms with Gasteiger partial charge in [0.1, 0.15) is 12.1 Å². The molecule has 1 saturated heterocycles. The highest BCUT2D eigenvalue weighted by atomic mass is 32.1. The zero-order valence-electron chi connectivity index (χ0n) is 10.7. The van der Waals surface area contributed by atoms with Crippen molar-refractivity contribution in [3.63, 3.8) is 0 Å². The van der Waals surface area contributed by atoms with E-state index in [1.807, 2.05) is 13.8 Å². The van der Waals surface area contributed by atoms with E-state index in [1.54, 1.807) is 23.5 Å². The van der Waals surface area contributed by atoms with Crippen molar-refractivity contribution in [3.05, 3.63) is 16.6 Å². The first-order valence-corrected chi connectivity index (χ1v) is 6.87. The van der Waals surface area contributed by atoms with Gasteiger partial charge in [-0.1, -0.05) is 13.8 Å². The Morgan fingerprint density at radius 1 is 1.50 bits per heavy atom. The molecular formula is C12H17N3O2S. The standard InChI is InChI=1S/C12H17N3O2S/c1-7(2)10-12(17)15(8(3)11(16)14-10)5-9-4-13-6-18-9/h4,6-8,10H,5H2,1-3H3,(H,14,16). The Bertz CT molecular complexity index is 444. The van der Waals surface area contributed by atoms with Crippen molar-refractivity contribution in [1.29, 1.82) is 0 Å². The normalized spacial score (nSPS) is 24.6. The van der Waals surface area contributed by atoms with Crippen LogP contribution in [-0.4, -0.2) is 33.8 Å². The van der Waals surface area contributed by atoms with Gasteiger partial charge in [0.2, 0.25) is 11.8 Å². The first-order valence-electron chi connectivity index (χ1n) is 5.99. The van der Waals surface area contributed by atoms with Crippen LogP contribution in [0.5, 0.6) is 0 Å². The molecule has 2 heterocycles. The van der Waals surface area contributed by atoms with Gasteiger partial charge in [0, 0.05) is 11.1 Å². The number of piperazine rings is 1. The van der Waals surface area contributed by atoms with Crippen LogP contribution in [0.1, 0.15) is 25.6 Å². The number of hydrogen-bond donors (Lipinski definition) is 1. The molecule has 1 N–H and O–H groups in total. The maximum Gasteiger partial charge on any atom is 0.246 e. The molecule has 98 valence electrons. The molecule has 2 amide bonds. The fourth-order valence-electron chi connectivity index (χ4n) is 2.00. The summed E-state index contributed by atoms with van der Waals surface area (Å²) in [7, 11) is 0. The van der Waals surface area contributed by atoms with E-state index in [2.05, 4.69) is 10.3 Å². The first kappa shape index (κ1) is 13.0. The molecule has 0 bridgehead atoms. The van der Waals surface area contributed by atoms with Gasteiger partial charge < -0.3 is 10.2 Å². The molecule has 0 saturated carbocycles. The summed E-state index contributed by atoms with van der Waals surface area (Å²) in [5, 5.41) is 2.78. The van der Waals surface area contributed by atoms with Crippen LogP contribution in [0.4, 0.5) is 0 Å². The number of nitrogens with zero attached hydrogens (tertiary/aromatic N) is 2. The summed E-state index contributed by atoms with van der Waals surface area (Å²) >= 11 is 1.49. The average molecular weight is 267 g/mol. The van der Waals surface area contributed by atoms with E-state index in [0.29, 0.717) is 6.54 Å². The Balaban J connectivity index is 2.19. The fraction of sp³-hybridized carbons (Fsp3) is 0.583. The van der Waals surface area contributed by atoms with Crippen molar-refractivity contribution >= 4 is 23.2 Å². The highest BCUT2D eigenvalue weighted by Crippen LogP contribution is 2.19. The molecule has 2 unspecified atom stereocenters. The summed E-state index contributed by atoms with van der Waals surface area (Å²) in [5.41, 5.74) is 1.73. The second-order valence-corrected chi connectivity index (χ2v) is 5.81. The molecule has 1 aliphatic heterocycles. The predicted molar refractivity (Wildman–Crippen MR) is 68.9 cm³/mol. The number of nitrogens with one attached hydrogen (secondary N) is 1. The lowest BCUT2D eigenvalue weighted by Crippen LogP contribution is -2.63. The minimum Gasteiger partial charge on any atom is -0.342 e. The van der Waals surface area contributed by atoms with Crippen LogP contribution in [0.2, 0.25) is 0 Å². The van der Waals surface area contributed by atoms with Crippen molar-refractivity contribution in [2.75, 3.05) is 0 Å². The molecule has 5 nitrogen and oxygen atoms in total. The highest BCUT2D eigenvalue weighted by Gasteiger charge is 2.39. The Hall–Kier alpha value is -1.43. The Morgan fingerprint density at radius 3 is 2.78 bits per heavy atom. The van der Waals surface area contributed by atoms with E-state index in [1.165, 1.54) is 11.3 Å². The summed E-state index contributed by atoms with van der Waals surface area (Å²) in [5.74, 6) is 0.00114. The SMILES string of the molecule is CC(C)C1NC(=O)C(C)N(Cc2cncs2)C1=O. The molecule has 0 radical (unpaired) electrons. The van der Waals surface area contributed by atoms with E-state index in [9.17, 15) is 9.59 Å². The molecule has 0 aliphatic carbocycles. The number of carbonyl (C=O) groups excluding carboxylic acids is 2. The molecule has 0 spiro atoms. The summed E-state index contributed by atoms with van der Waals surface area (Å²) in [6.07, 6.45) is 1.74. The van der Waals surface area contributed by atoms with Gasteiger partial charge in [-0.25, -0.2) is 0 Å². The van der Waals surface area contributed by atoms with Crippen molar-refractivity contribution in [1.82, 2.24) is 15.2 Å². The van der Waals surface area contributed by atoms with Gasteiger partial charge in [-0.15, -0.1) is 11.3 Å². The van der Waals surface area contributed by atoms with Crippen molar-refractivity contribution in [2.24, 2.45) is 5.92 Å². The third kappa shape index (κ3) is 2.38. The monoisotopic (exact) mass is 267 g/mol. The van der Waals surface area contributed by atoms with Crippen LogP contribution in [0.25, 0.3) is 0 Å². The summed E-state index contributed by atoms with van der Waals surface area (Å²) in [6, 6.07) is -0.837. The van der Waals surface area contributed by atoms with E-state index in [-0.39, 0.29) is 17.7 Å². The van der Waals surface area contributed by atoms with Crippen LogP contribution >= 0.6 is 11.3 Å². The van der Waals surface area contributed by atoms with Gasteiger partial charge in [0.25, 0.3) is 0 Å². The molecule has 1 fully saturated rings. The van der Waals surface area contributed by atoms with Crippen LogP contribution in [0.3, 0.4) is 0 Å². The Morgan fingerprint density at radius 2 is 2.22 bits per heavy atom. The molecule has 1 aromatic rings. The quantitative estimate of drug-likeness (QED) is 0.889. The van der Waals surface area contributed by atoms with Crippen molar-refractivity contribution < 1.29 is 9.59 Å². The average Bonchev–Trinajstić information content (AvgIpc) is 2.81. The molecule has 0 aromatic carbocycles. The van der Waals surface area contributed by atoms with Gasteiger partial charge in [0.05, 0.1) is 12.1 Å². The van der Waals surface area contributed by atoms with Crippen LogP contribution in [0.15, 0.2) is 11.7 Å². The minimum atomic E-state index is -0.422. The molecule has 1 aliphatic rings. The van der Waals surface area contributed by atoms with Crippen LogP contribution < -0.4 is 5.32 Å². The number of aromatic nitrogens is 1. The maximum atomic E-state index is 12.3. The molecule has 1 aromatic heterocycles. The van der Waals surface area contributed by atoms with Gasteiger partial charge in [-0.05, 0) is 12.8 Å². The predicted octanol–water partition coefficient (Wildman–Crippen LogP) is 1.01. The minimum absolute atomic E-state index is 0.00880. The van der Waals surface area contributed by atoms with Gasteiger partial charge >= 0.3 is 0 Å².